The fourth-order valence-electron chi connectivity index (χ4n) is 4.22. The van der Waals surface area contributed by atoms with E-state index in [0.717, 1.165) is 60.9 Å². The third-order valence-electron chi connectivity index (χ3n) is 6.46. The molecule has 35 heavy (non-hydrogen) atoms. The first-order valence-electron chi connectivity index (χ1n) is 11.9. The van der Waals surface area contributed by atoms with Crippen molar-refractivity contribution in [2.45, 2.75) is 13.5 Å². The lowest BCUT2D eigenvalue weighted by molar-refractivity contribution is 0.102. The van der Waals surface area contributed by atoms with Crippen molar-refractivity contribution in [2.24, 2.45) is 0 Å². The lowest BCUT2D eigenvalue weighted by atomic mass is 10.0. The Morgan fingerprint density at radius 2 is 1.80 bits per heavy atom. The number of fused-ring (bicyclic) bond motifs is 1. The zero-order chi connectivity index (χ0) is 24.2. The lowest BCUT2D eigenvalue weighted by Gasteiger charge is -2.32. The molecule has 3 heterocycles. The topological polar surface area (TPSA) is 52.9 Å². The van der Waals surface area contributed by atoms with Crippen molar-refractivity contribution >= 4 is 17.2 Å². The molecular formula is C29H29N5O. The van der Waals surface area contributed by atoms with E-state index in [0.29, 0.717) is 5.56 Å². The van der Waals surface area contributed by atoms with Gasteiger partial charge in [-0.1, -0.05) is 30.2 Å². The van der Waals surface area contributed by atoms with Gasteiger partial charge in [-0.2, -0.15) is 0 Å². The number of benzene rings is 2. The molecular weight excluding hydrogens is 434 g/mol. The smallest absolute Gasteiger partial charge is 0.255 e. The Hall–Kier alpha value is -3.92. The van der Waals surface area contributed by atoms with Crippen LogP contribution in [0.3, 0.4) is 0 Å². The molecule has 176 valence electrons. The number of rotatable bonds is 4. The van der Waals surface area contributed by atoms with Gasteiger partial charge in [0.15, 0.2) is 0 Å². The summed E-state index contributed by atoms with van der Waals surface area (Å²) in [4.78, 5) is 22.1. The van der Waals surface area contributed by atoms with Gasteiger partial charge in [-0.25, -0.2) is 4.98 Å². The van der Waals surface area contributed by atoms with Crippen molar-refractivity contribution in [2.75, 3.05) is 38.5 Å². The van der Waals surface area contributed by atoms with Gasteiger partial charge in [0, 0.05) is 55.7 Å². The van der Waals surface area contributed by atoms with E-state index >= 15 is 0 Å². The van der Waals surface area contributed by atoms with Gasteiger partial charge < -0.3 is 10.2 Å². The van der Waals surface area contributed by atoms with Crippen molar-refractivity contribution in [1.29, 1.82) is 0 Å². The highest BCUT2D eigenvalue weighted by molar-refractivity contribution is 6.04. The monoisotopic (exact) mass is 463 g/mol. The number of hydrogen-bond donors (Lipinski definition) is 1. The molecule has 0 atom stereocenters. The second kappa shape index (κ2) is 10.1. The Bertz CT molecular complexity index is 1400. The summed E-state index contributed by atoms with van der Waals surface area (Å²) in [7, 11) is 2.17. The number of aryl methyl sites for hydroxylation is 1. The van der Waals surface area contributed by atoms with Crippen molar-refractivity contribution in [3.05, 3.63) is 101 Å². The molecule has 0 unspecified atom stereocenters. The van der Waals surface area contributed by atoms with Gasteiger partial charge in [0.25, 0.3) is 5.91 Å². The summed E-state index contributed by atoms with van der Waals surface area (Å²) in [6, 6.07) is 19.6. The van der Waals surface area contributed by atoms with Crippen LogP contribution in [0.15, 0.2) is 73.1 Å². The van der Waals surface area contributed by atoms with Crippen LogP contribution in [0.25, 0.3) is 5.65 Å². The van der Waals surface area contributed by atoms with Crippen LogP contribution in [-0.4, -0.2) is 58.3 Å². The zero-order valence-electron chi connectivity index (χ0n) is 20.2. The SMILES string of the molecule is Cc1ccc(C(=O)Nc2ccc(CN3CCN(C)CC3)cc2)cc1C#Cc1cnc2ccccn12. The molecule has 0 bridgehead atoms. The molecule has 6 heteroatoms. The number of carbonyl (C=O) groups is 1. The molecule has 1 saturated heterocycles. The first-order chi connectivity index (χ1) is 17.0. The van der Waals surface area contributed by atoms with Crippen LogP contribution in [0.4, 0.5) is 5.69 Å². The number of nitrogens with zero attached hydrogens (tertiary/aromatic N) is 4. The van der Waals surface area contributed by atoms with E-state index in [2.05, 4.69) is 51.1 Å². The number of hydrogen-bond acceptors (Lipinski definition) is 4. The summed E-state index contributed by atoms with van der Waals surface area (Å²) in [6.45, 7) is 7.33. The van der Waals surface area contributed by atoms with Gasteiger partial charge in [0.1, 0.15) is 11.3 Å². The highest BCUT2D eigenvalue weighted by Gasteiger charge is 2.14. The largest absolute Gasteiger partial charge is 0.322 e. The van der Waals surface area contributed by atoms with E-state index in [4.69, 9.17) is 0 Å². The molecule has 5 rings (SSSR count). The van der Waals surface area contributed by atoms with Crippen LogP contribution in [0.1, 0.15) is 32.7 Å². The molecule has 0 spiro atoms. The Morgan fingerprint density at radius 1 is 1.00 bits per heavy atom. The number of imidazole rings is 1. The van der Waals surface area contributed by atoms with Crippen LogP contribution in [0.5, 0.6) is 0 Å². The minimum Gasteiger partial charge on any atom is -0.322 e. The number of pyridine rings is 1. The number of piperazine rings is 1. The van der Waals surface area contributed by atoms with Gasteiger partial charge in [-0.3, -0.25) is 14.1 Å². The number of likely N-dealkylation sites (N-methyl/N-ethyl adjacent to an activating group) is 1. The summed E-state index contributed by atoms with van der Waals surface area (Å²) in [5.41, 5.74) is 6.15. The van der Waals surface area contributed by atoms with Gasteiger partial charge >= 0.3 is 0 Å². The third-order valence-corrected chi connectivity index (χ3v) is 6.46. The minimum atomic E-state index is -0.144. The molecule has 0 radical (unpaired) electrons. The second-order valence-corrected chi connectivity index (χ2v) is 9.08. The predicted octanol–water partition coefficient (Wildman–Crippen LogP) is 4.04. The number of anilines is 1. The Kier molecular flexibility index (Phi) is 6.62. The molecule has 1 aliphatic rings. The normalized spacial score (nSPS) is 14.5. The van der Waals surface area contributed by atoms with Crippen molar-refractivity contribution in [1.82, 2.24) is 19.2 Å². The average Bonchev–Trinajstić information content (AvgIpc) is 3.29. The molecule has 1 amide bonds. The molecule has 1 aliphatic heterocycles. The maximum atomic E-state index is 12.9. The first-order valence-corrected chi connectivity index (χ1v) is 11.9. The van der Waals surface area contributed by atoms with Gasteiger partial charge in [0.05, 0.1) is 6.20 Å². The number of aromatic nitrogens is 2. The summed E-state index contributed by atoms with van der Waals surface area (Å²) >= 11 is 0. The van der Waals surface area contributed by atoms with Crippen LogP contribution in [0.2, 0.25) is 0 Å². The lowest BCUT2D eigenvalue weighted by Crippen LogP contribution is -2.43. The van der Waals surface area contributed by atoms with E-state index in [-0.39, 0.29) is 5.91 Å². The zero-order valence-corrected chi connectivity index (χ0v) is 20.2. The fraction of sp³-hybridized carbons (Fsp3) is 0.241. The molecule has 2 aromatic carbocycles. The van der Waals surface area contributed by atoms with E-state index in [1.54, 1.807) is 6.20 Å². The van der Waals surface area contributed by atoms with Crippen LogP contribution in [-0.2, 0) is 6.54 Å². The maximum absolute atomic E-state index is 12.9. The van der Waals surface area contributed by atoms with Crippen molar-refractivity contribution in [3.8, 4) is 11.8 Å². The highest BCUT2D eigenvalue weighted by atomic mass is 16.1. The van der Waals surface area contributed by atoms with E-state index in [1.807, 2.05) is 66.1 Å². The Morgan fingerprint density at radius 3 is 2.60 bits per heavy atom. The summed E-state index contributed by atoms with van der Waals surface area (Å²) in [6.07, 6.45) is 3.71. The van der Waals surface area contributed by atoms with Crippen molar-refractivity contribution in [3.63, 3.8) is 0 Å². The molecule has 4 aromatic rings. The predicted molar refractivity (Wildman–Crippen MR) is 140 cm³/mol. The van der Waals surface area contributed by atoms with E-state index < -0.39 is 0 Å². The van der Waals surface area contributed by atoms with Crippen LogP contribution in [0, 0.1) is 18.8 Å². The highest BCUT2D eigenvalue weighted by Crippen LogP contribution is 2.16. The molecule has 6 nitrogen and oxygen atoms in total. The summed E-state index contributed by atoms with van der Waals surface area (Å²) < 4.78 is 1.95. The third kappa shape index (κ3) is 5.43. The Balaban J connectivity index is 1.26. The Labute approximate surface area is 206 Å². The average molecular weight is 464 g/mol. The molecule has 0 saturated carbocycles. The van der Waals surface area contributed by atoms with Gasteiger partial charge in [0.2, 0.25) is 0 Å². The van der Waals surface area contributed by atoms with Crippen LogP contribution < -0.4 is 5.32 Å². The van der Waals surface area contributed by atoms with E-state index in [9.17, 15) is 4.79 Å². The van der Waals surface area contributed by atoms with Crippen LogP contribution >= 0.6 is 0 Å². The molecule has 0 aliphatic carbocycles. The molecule has 1 N–H and O–H groups in total. The standard InChI is InChI=1S/C29H29N5O/c1-22-6-9-25(19-24(22)10-13-27-20-30-28-5-3-4-14-34(27)28)29(35)31-26-11-7-23(8-12-26)21-33-17-15-32(2)16-18-33/h3-9,11-12,14,19-20H,15-18,21H2,1-2H3,(H,31,35). The number of carbonyl (C=O) groups excluding carboxylic acids is 1. The minimum absolute atomic E-state index is 0.144. The number of amides is 1. The molecule has 2 aromatic heterocycles. The molecule has 1 fully saturated rings. The van der Waals surface area contributed by atoms with Crippen molar-refractivity contribution < 1.29 is 4.79 Å². The van der Waals surface area contributed by atoms with Gasteiger partial charge in [-0.15, -0.1) is 0 Å². The fourth-order valence-corrected chi connectivity index (χ4v) is 4.22. The summed E-state index contributed by atoms with van der Waals surface area (Å²) in [5, 5.41) is 3.01. The number of nitrogens with one attached hydrogen (secondary N) is 1. The quantitative estimate of drug-likeness (QED) is 0.464. The first kappa shape index (κ1) is 22.9. The van der Waals surface area contributed by atoms with Gasteiger partial charge in [-0.05, 0) is 67.4 Å². The summed E-state index contributed by atoms with van der Waals surface area (Å²) in [5.74, 6) is 6.27. The van der Waals surface area contributed by atoms with E-state index in [1.165, 1.54) is 5.56 Å². The second-order valence-electron chi connectivity index (χ2n) is 9.08. The maximum Gasteiger partial charge on any atom is 0.255 e.